The molecular formula is C25H27ClF6N4O2. The van der Waals surface area contributed by atoms with Crippen LogP contribution in [0.1, 0.15) is 36.0 Å². The van der Waals surface area contributed by atoms with E-state index >= 15 is 0 Å². The minimum absolute atomic E-state index is 0.0883. The molecule has 6 nitrogen and oxygen atoms in total. The average molecular weight is 565 g/mol. The van der Waals surface area contributed by atoms with E-state index in [0.29, 0.717) is 38.4 Å². The number of alkyl halides is 6. The average Bonchev–Trinajstić information content (AvgIpc) is 3.09. The molecule has 38 heavy (non-hydrogen) atoms. The van der Waals surface area contributed by atoms with Crippen LogP contribution in [0.3, 0.4) is 0 Å². The number of hydrogen-bond donors (Lipinski definition) is 1. The molecule has 0 saturated carbocycles. The summed E-state index contributed by atoms with van der Waals surface area (Å²) in [6, 6.07) is 5.72. The van der Waals surface area contributed by atoms with E-state index in [-0.39, 0.29) is 43.9 Å². The maximum Gasteiger partial charge on any atom is 0.417 e. The van der Waals surface area contributed by atoms with E-state index in [2.05, 4.69) is 4.98 Å². The molecule has 2 aliphatic rings. The molecule has 0 bridgehead atoms. The Hall–Kier alpha value is -2.57. The fraction of sp³-hybridized carbons (Fsp3) is 0.520. The molecule has 2 fully saturated rings. The van der Waals surface area contributed by atoms with Gasteiger partial charge in [0.1, 0.15) is 5.82 Å². The third-order valence-electron chi connectivity index (χ3n) is 7.10. The molecule has 0 spiro atoms. The smallest absolute Gasteiger partial charge is 0.385 e. The predicted molar refractivity (Wildman–Crippen MR) is 129 cm³/mol. The first-order chi connectivity index (χ1) is 17.8. The van der Waals surface area contributed by atoms with Crippen LogP contribution in [0, 0.1) is 0 Å². The van der Waals surface area contributed by atoms with Crippen LogP contribution in [0.5, 0.6) is 0 Å². The molecule has 1 N–H and O–H groups in total. The number of carbonyl (C=O) groups is 1. The second kappa shape index (κ2) is 10.9. The van der Waals surface area contributed by atoms with E-state index in [9.17, 15) is 36.2 Å². The minimum atomic E-state index is -4.65. The topological polar surface area (TPSA) is 59.9 Å². The molecule has 2 aliphatic heterocycles. The number of halogens is 7. The van der Waals surface area contributed by atoms with Crippen molar-refractivity contribution in [2.45, 2.75) is 37.2 Å². The highest BCUT2D eigenvalue weighted by Crippen LogP contribution is 2.40. The van der Waals surface area contributed by atoms with E-state index in [4.69, 9.17) is 11.6 Å². The highest BCUT2D eigenvalue weighted by atomic mass is 35.5. The van der Waals surface area contributed by atoms with Crippen molar-refractivity contribution in [3.8, 4) is 0 Å². The predicted octanol–water partition coefficient (Wildman–Crippen LogP) is 4.79. The molecule has 0 aliphatic carbocycles. The van der Waals surface area contributed by atoms with Gasteiger partial charge in [0.15, 0.2) is 0 Å². The molecule has 2 aromatic rings. The SMILES string of the molecule is O=C(CN1CCCN(c2ccc(C(F)(F)F)cn2)CC1)N1CCC(O)(c2ccc(Cl)c(C(F)(F)F)c2)CC1. The molecule has 0 atom stereocenters. The van der Waals surface area contributed by atoms with Gasteiger partial charge < -0.3 is 14.9 Å². The van der Waals surface area contributed by atoms with Gasteiger partial charge in [0.2, 0.25) is 5.91 Å². The van der Waals surface area contributed by atoms with E-state index in [1.54, 1.807) is 4.90 Å². The molecule has 3 heterocycles. The summed E-state index contributed by atoms with van der Waals surface area (Å²) in [4.78, 5) is 22.3. The number of amides is 1. The minimum Gasteiger partial charge on any atom is -0.385 e. The summed E-state index contributed by atoms with van der Waals surface area (Å²) in [6.07, 6.45) is -7.42. The van der Waals surface area contributed by atoms with Crippen LogP contribution in [-0.4, -0.2) is 71.6 Å². The number of nitrogens with zero attached hydrogens (tertiary/aromatic N) is 4. The van der Waals surface area contributed by atoms with E-state index < -0.39 is 34.1 Å². The number of hydrogen-bond acceptors (Lipinski definition) is 5. The van der Waals surface area contributed by atoms with Crippen molar-refractivity contribution in [3.05, 3.63) is 58.2 Å². The van der Waals surface area contributed by atoms with E-state index in [0.717, 1.165) is 24.4 Å². The largest absolute Gasteiger partial charge is 0.417 e. The van der Waals surface area contributed by atoms with Crippen LogP contribution in [0.15, 0.2) is 36.5 Å². The van der Waals surface area contributed by atoms with Gasteiger partial charge in [-0.3, -0.25) is 9.69 Å². The number of carbonyl (C=O) groups excluding carboxylic acids is 1. The first-order valence-corrected chi connectivity index (χ1v) is 12.5. The first-order valence-electron chi connectivity index (χ1n) is 12.1. The maximum atomic E-state index is 13.2. The Morgan fingerprint density at radius 3 is 2.26 bits per heavy atom. The third kappa shape index (κ3) is 6.52. The Bertz CT molecular complexity index is 1130. The van der Waals surface area contributed by atoms with Gasteiger partial charge in [-0.15, -0.1) is 0 Å². The number of piperidine rings is 1. The fourth-order valence-electron chi connectivity index (χ4n) is 4.84. The molecule has 1 aromatic heterocycles. The van der Waals surface area contributed by atoms with Crippen LogP contribution in [-0.2, 0) is 22.7 Å². The lowest BCUT2D eigenvalue weighted by Gasteiger charge is -2.39. The fourth-order valence-corrected chi connectivity index (χ4v) is 5.06. The van der Waals surface area contributed by atoms with Crippen LogP contribution >= 0.6 is 11.6 Å². The number of pyridine rings is 1. The van der Waals surface area contributed by atoms with Gasteiger partial charge in [0, 0.05) is 45.5 Å². The highest BCUT2D eigenvalue weighted by molar-refractivity contribution is 6.31. The number of aromatic nitrogens is 1. The van der Waals surface area contributed by atoms with E-state index in [1.807, 2.05) is 9.80 Å². The Morgan fingerprint density at radius 2 is 1.66 bits per heavy atom. The lowest BCUT2D eigenvalue weighted by atomic mass is 9.83. The number of rotatable bonds is 4. The number of aliphatic hydroxyl groups is 1. The summed E-state index contributed by atoms with van der Waals surface area (Å²) in [6.45, 7) is 2.71. The van der Waals surface area contributed by atoms with Crippen molar-refractivity contribution in [3.63, 3.8) is 0 Å². The summed E-state index contributed by atoms with van der Waals surface area (Å²) >= 11 is 5.69. The van der Waals surface area contributed by atoms with Gasteiger partial charge in [-0.1, -0.05) is 17.7 Å². The van der Waals surface area contributed by atoms with Crippen LogP contribution in [0.25, 0.3) is 0 Å². The van der Waals surface area contributed by atoms with Gasteiger partial charge in [0.05, 0.1) is 28.3 Å². The monoisotopic (exact) mass is 564 g/mol. The van der Waals surface area contributed by atoms with Crippen molar-refractivity contribution in [1.29, 1.82) is 0 Å². The zero-order valence-corrected chi connectivity index (χ0v) is 21.1. The van der Waals surface area contributed by atoms with Gasteiger partial charge in [-0.25, -0.2) is 4.98 Å². The molecule has 2 saturated heterocycles. The molecule has 0 radical (unpaired) electrons. The Balaban J connectivity index is 1.31. The lowest BCUT2D eigenvalue weighted by Crippen LogP contribution is -2.48. The Kier molecular flexibility index (Phi) is 8.15. The number of benzene rings is 1. The highest BCUT2D eigenvalue weighted by Gasteiger charge is 2.39. The first kappa shape index (κ1) is 28.4. The van der Waals surface area contributed by atoms with Gasteiger partial charge in [0.25, 0.3) is 0 Å². The molecule has 13 heteroatoms. The molecule has 208 valence electrons. The van der Waals surface area contributed by atoms with Crippen molar-refractivity contribution < 1.29 is 36.2 Å². The van der Waals surface area contributed by atoms with Gasteiger partial charge >= 0.3 is 12.4 Å². The normalized spacial score (nSPS) is 19.4. The summed E-state index contributed by atoms with van der Waals surface area (Å²) in [7, 11) is 0. The second-order valence-corrected chi connectivity index (χ2v) is 10.0. The molecule has 1 aromatic carbocycles. The number of likely N-dealkylation sites (tertiary alicyclic amines) is 1. The summed E-state index contributed by atoms with van der Waals surface area (Å²) in [5.41, 5.74) is -3.20. The zero-order chi connectivity index (χ0) is 27.7. The van der Waals surface area contributed by atoms with Crippen LogP contribution < -0.4 is 4.90 Å². The van der Waals surface area contributed by atoms with Crippen molar-refractivity contribution in [2.24, 2.45) is 0 Å². The van der Waals surface area contributed by atoms with Crippen molar-refractivity contribution in [1.82, 2.24) is 14.8 Å². The van der Waals surface area contributed by atoms with Crippen LogP contribution in [0.2, 0.25) is 5.02 Å². The van der Waals surface area contributed by atoms with E-state index in [1.165, 1.54) is 12.1 Å². The van der Waals surface area contributed by atoms with Crippen LogP contribution in [0.4, 0.5) is 32.2 Å². The maximum absolute atomic E-state index is 13.2. The van der Waals surface area contributed by atoms with Gasteiger partial charge in [-0.2, -0.15) is 26.3 Å². The molecule has 4 rings (SSSR count). The third-order valence-corrected chi connectivity index (χ3v) is 7.43. The Labute approximate surface area is 220 Å². The standard InChI is InChI=1S/C25H27ClF6N4O2/c26-20-4-2-17(14-19(20)25(30,31)32)23(38)6-10-36(11-7-23)22(37)16-34-8-1-9-35(13-12-34)21-5-3-18(15-33-21)24(27,28)29/h2-5,14-15,38H,1,6-13,16H2. The number of anilines is 1. The Morgan fingerprint density at radius 1 is 0.947 bits per heavy atom. The summed E-state index contributed by atoms with van der Waals surface area (Å²) in [5, 5.41) is 10.6. The summed E-state index contributed by atoms with van der Waals surface area (Å²) < 4.78 is 78.1. The second-order valence-electron chi connectivity index (χ2n) is 9.62. The quantitative estimate of drug-likeness (QED) is 0.541. The molecular weight excluding hydrogens is 538 g/mol. The zero-order valence-electron chi connectivity index (χ0n) is 20.3. The lowest BCUT2D eigenvalue weighted by molar-refractivity contribution is -0.139. The van der Waals surface area contributed by atoms with Crippen molar-refractivity contribution in [2.75, 3.05) is 50.7 Å². The van der Waals surface area contributed by atoms with Gasteiger partial charge in [-0.05, 0) is 49.1 Å². The summed E-state index contributed by atoms with van der Waals surface area (Å²) in [5.74, 6) is 0.289. The molecule has 0 unspecified atom stereocenters. The molecule has 1 amide bonds. The van der Waals surface area contributed by atoms with Crippen molar-refractivity contribution >= 4 is 23.3 Å².